The van der Waals surface area contributed by atoms with Crippen LogP contribution in [0.4, 0.5) is 5.13 Å². The fourth-order valence-corrected chi connectivity index (χ4v) is 4.51. The third-order valence-corrected chi connectivity index (χ3v) is 5.81. The van der Waals surface area contributed by atoms with Crippen molar-refractivity contribution in [2.45, 2.75) is 13.8 Å². The number of aryl methyl sites for hydroxylation is 2. The lowest BCUT2D eigenvalue weighted by Crippen LogP contribution is -2.34. The van der Waals surface area contributed by atoms with Gasteiger partial charge in [0.05, 0.1) is 22.9 Å². The topological polar surface area (TPSA) is 63.2 Å². The molecule has 27 heavy (non-hydrogen) atoms. The van der Waals surface area contributed by atoms with E-state index in [-0.39, 0.29) is 11.0 Å². The molecule has 2 aromatic carbocycles. The Hall–Kier alpha value is -1.74. The lowest BCUT2D eigenvalue weighted by atomic mass is 10.1. The molecule has 1 amide bonds. The Bertz CT molecular complexity index is 1030. The largest absolute Gasteiger partial charge is 0.496 e. The van der Waals surface area contributed by atoms with E-state index in [0.717, 1.165) is 25.8 Å². The highest BCUT2D eigenvalue weighted by Gasteiger charge is 2.17. The average molecular weight is 485 g/mol. The molecule has 3 aromatic rings. The van der Waals surface area contributed by atoms with E-state index in [0.29, 0.717) is 21.5 Å². The Morgan fingerprint density at radius 2 is 2.00 bits per heavy atom. The van der Waals surface area contributed by atoms with Crippen LogP contribution in [0.1, 0.15) is 21.5 Å². The van der Waals surface area contributed by atoms with Gasteiger partial charge < -0.3 is 10.1 Å². The first-order valence-corrected chi connectivity index (χ1v) is 10.2. The van der Waals surface area contributed by atoms with Gasteiger partial charge in [-0.15, -0.1) is 0 Å². The van der Waals surface area contributed by atoms with Crippen molar-refractivity contribution in [1.29, 1.82) is 0 Å². The molecule has 0 spiro atoms. The summed E-state index contributed by atoms with van der Waals surface area (Å²) in [6, 6.07) is 7.34. The molecular formula is C18H15BrClN3O2S2. The van der Waals surface area contributed by atoms with Crippen LogP contribution in [0.25, 0.3) is 10.2 Å². The molecule has 0 aliphatic heterocycles. The van der Waals surface area contributed by atoms with E-state index in [2.05, 4.69) is 31.5 Å². The highest BCUT2D eigenvalue weighted by molar-refractivity contribution is 9.10. The van der Waals surface area contributed by atoms with E-state index in [1.807, 2.05) is 32.0 Å². The van der Waals surface area contributed by atoms with Gasteiger partial charge in [-0.2, -0.15) is 0 Å². The van der Waals surface area contributed by atoms with Gasteiger partial charge in [-0.25, -0.2) is 4.98 Å². The Morgan fingerprint density at radius 3 is 2.70 bits per heavy atom. The van der Waals surface area contributed by atoms with Crippen LogP contribution < -0.4 is 15.4 Å². The minimum atomic E-state index is -0.367. The van der Waals surface area contributed by atoms with Crippen LogP contribution in [-0.4, -0.2) is 23.1 Å². The SMILES string of the molecule is COc1c(C)cc(Br)cc1C(=O)NC(=S)Nc1nc2cc(Cl)c(C)cc2s1. The fourth-order valence-electron chi connectivity index (χ4n) is 2.57. The minimum absolute atomic E-state index is 0.154. The van der Waals surface area contributed by atoms with Gasteiger partial charge in [0, 0.05) is 9.50 Å². The highest BCUT2D eigenvalue weighted by Crippen LogP contribution is 2.30. The maximum Gasteiger partial charge on any atom is 0.261 e. The lowest BCUT2D eigenvalue weighted by molar-refractivity contribution is 0.0974. The monoisotopic (exact) mass is 483 g/mol. The third-order valence-electron chi connectivity index (χ3n) is 3.80. The first-order valence-electron chi connectivity index (χ1n) is 7.81. The molecule has 0 saturated heterocycles. The second-order valence-corrected chi connectivity index (χ2v) is 8.56. The van der Waals surface area contributed by atoms with Gasteiger partial charge in [-0.05, 0) is 61.5 Å². The molecule has 0 bridgehead atoms. The molecule has 5 nitrogen and oxygen atoms in total. The number of hydrogen-bond donors (Lipinski definition) is 2. The predicted molar refractivity (Wildman–Crippen MR) is 118 cm³/mol. The molecule has 1 aromatic heterocycles. The number of nitrogens with one attached hydrogen (secondary N) is 2. The van der Waals surface area contributed by atoms with E-state index < -0.39 is 0 Å². The molecular weight excluding hydrogens is 470 g/mol. The van der Waals surface area contributed by atoms with Crippen molar-refractivity contribution in [1.82, 2.24) is 10.3 Å². The lowest BCUT2D eigenvalue weighted by Gasteiger charge is -2.13. The van der Waals surface area contributed by atoms with Crippen LogP contribution in [0.3, 0.4) is 0 Å². The third kappa shape index (κ3) is 4.40. The number of benzene rings is 2. The molecule has 3 rings (SSSR count). The second-order valence-electron chi connectivity index (χ2n) is 5.80. The van der Waals surface area contributed by atoms with Gasteiger partial charge in [0.15, 0.2) is 10.2 Å². The van der Waals surface area contributed by atoms with Crippen molar-refractivity contribution in [3.63, 3.8) is 0 Å². The first-order chi connectivity index (χ1) is 12.8. The van der Waals surface area contributed by atoms with Crippen molar-refractivity contribution in [2.24, 2.45) is 0 Å². The summed E-state index contributed by atoms with van der Waals surface area (Å²) in [5.41, 5.74) is 2.98. The standard InChI is InChI=1S/C18H15BrClN3O2S2/c1-8-5-14-13(7-12(8)20)21-18(27-14)23-17(26)22-16(24)11-6-10(19)4-9(2)15(11)25-3/h4-7H,1-3H3,(H2,21,22,23,24,26). The normalized spacial score (nSPS) is 10.7. The summed E-state index contributed by atoms with van der Waals surface area (Å²) in [6.45, 7) is 3.80. The summed E-state index contributed by atoms with van der Waals surface area (Å²) in [5, 5.41) is 7.00. The van der Waals surface area contributed by atoms with Crippen LogP contribution in [-0.2, 0) is 0 Å². The van der Waals surface area contributed by atoms with Crippen molar-refractivity contribution in [3.8, 4) is 5.75 Å². The molecule has 140 valence electrons. The quantitative estimate of drug-likeness (QED) is 0.483. The van der Waals surface area contributed by atoms with Gasteiger partial charge >= 0.3 is 0 Å². The van der Waals surface area contributed by atoms with Crippen molar-refractivity contribution in [3.05, 3.63) is 50.5 Å². The maximum atomic E-state index is 12.6. The number of amides is 1. The summed E-state index contributed by atoms with van der Waals surface area (Å²) >= 11 is 16.2. The number of methoxy groups -OCH3 is 1. The number of thiazole rings is 1. The van der Waals surface area contributed by atoms with E-state index in [4.69, 9.17) is 28.6 Å². The van der Waals surface area contributed by atoms with Crippen LogP contribution >= 0.6 is 51.1 Å². The van der Waals surface area contributed by atoms with Crippen LogP contribution in [0.15, 0.2) is 28.7 Å². The fraction of sp³-hybridized carbons (Fsp3) is 0.167. The summed E-state index contributed by atoms with van der Waals surface area (Å²) < 4.78 is 7.11. The number of ether oxygens (including phenoxy) is 1. The Morgan fingerprint density at radius 1 is 1.26 bits per heavy atom. The molecule has 0 fully saturated rings. The number of halogens is 2. The van der Waals surface area contributed by atoms with Crippen LogP contribution in [0.2, 0.25) is 5.02 Å². The van der Waals surface area contributed by atoms with Crippen LogP contribution in [0.5, 0.6) is 5.75 Å². The van der Waals surface area contributed by atoms with Crippen molar-refractivity contribution in [2.75, 3.05) is 12.4 Å². The molecule has 0 unspecified atom stereocenters. The number of rotatable bonds is 3. The number of hydrogen-bond acceptors (Lipinski definition) is 5. The van der Waals surface area contributed by atoms with Gasteiger partial charge in [-0.3, -0.25) is 10.1 Å². The van der Waals surface area contributed by atoms with E-state index >= 15 is 0 Å². The number of thiocarbonyl (C=S) groups is 1. The van der Waals surface area contributed by atoms with Gasteiger partial charge in [0.2, 0.25) is 0 Å². The summed E-state index contributed by atoms with van der Waals surface area (Å²) in [7, 11) is 1.53. The molecule has 1 heterocycles. The van der Waals surface area contributed by atoms with E-state index in [9.17, 15) is 4.79 Å². The molecule has 0 atom stereocenters. The maximum absolute atomic E-state index is 12.6. The zero-order valence-corrected chi connectivity index (χ0v) is 18.6. The predicted octanol–water partition coefficient (Wildman–Crippen LogP) is 5.46. The summed E-state index contributed by atoms with van der Waals surface area (Å²) in [4.78, 5) is 17.1. The smallest absolute Gasteiger partial charge is 0.261 e. The van der Waals surface area contributed by atoms with Gasteiger partial charge in [-0.1, -0.05) is 38.9 Å². The Balaban J connectivity index is 1.77. The molecule has 2 N–H and O–H groups in total. The molecule has 0 saturated carbocycles. The molecule has 0 radical (unpaired) electrons. The average Bonchev–Trinajstić information content (AvgIpc) is 2.95. The summed E-state index contributed by atoms with van der Waals surface area (Å²) in [6.07, 6.45) is 0. The molecule has 0 aliphatic carbocycles. The number of aromatic nitrogens is 1. The Labute approximate surface area is 179 Å². The molecule has 9 heteroatoms. The van der Waals surface area contributed by atoms with Gasteiger partial charge in [0.25, 0.3) is 5.91 Å². The van der Waals surface area contributed by atoms with Crippen molar-refractivity contribution >= 4 is 77.5 Å². The second kappa shape index (κ2) is 8.10. The zero-order valence-electron chi connectivity index (χ0n) is 14.6. The number of anilines is 1. The summed E-state index contributed by atoms with van der Waals surface area (Å²) in [5.74, 6) is 0.136. The van der Waals surface area contributed by atoms with E-state index in [1.54, 1.807) is 6.07 Å². The van der Waals surface area contributed by atoms with Crippen LogP contribution in [0, 0.1) is 13.8 Å². The minimum Gasteiger partial charge on any atom is -0.496 e. The molecule has 0 aliphatic rings. The van der Waals surface area contributed by atoms with Gasteiger partial charge in [0.1, 0.15) is 5.75 Å². The highest BCUT2D eigenvalue weighted by atomic mass is 79.9. The first kappa shape index (κ1) is 20.0. The number of nitrogens with zero attached hydrogens (tertiary/aromatic N) is 1. The zero-order chi connectivity index (χ0) is 19.7. The van der Waals surface area contributed by atoms with Crippen molar-refractivity contribution < 1.29 is 9.53 Å². The van der Waals surface area contributed by atoms with E-state index in [1.165, 1.54) is 18.4 Å². The Kier molecular flexibility index (Phi) is 6.00. The number of carbonyl (C=O) groups is 1. The number of carbonyl (C=O) groups excluding carboxylic acids is 1. The number of fused-ring (bicyclic) bond motifs is 1.